The highest BCUT2D eigenvalue weighted by molar-refractivity contribution is 5.92. The van der Waals surface area contributed by atoms with Crippen LogP contribution in [0.15, 0.2) is 112 Å². The van der Waals surface area contributed by atoms with Crippen LogP contribution in [0.2, 0.25) is 0 Å². The molecule has 3 N–H and O–H groups in total. The minimum atomic E-state index is -0.0383. The largest absolute Gasteiger partial charge is 0.494 e. The lowest BCUT2D eigenvalue weighted by atomic mass is 10.00. The Hall–Kier alpha value is -4.76. The van der Waals surface area contributed by atoms with Crippen LogP contribution in [0.3, 0.4) is 0 Å². The van der Waals surface area contributed by atoms with Crippen LogP contribution in [-0.4, -0.2) is 80.4 Å². The quantitative estimate of drug-likeness (QED) is 0.140. The van der Waals surface area contributed by atoms with Crippen LogP contribution in [0.1, 0.15) is 59.4 Å². The van der Waals surface area contributed by atoms with Crippen molar-refractivity contribution in [2.45, 2.75) is 66.3 Å². The molecule has 1 amide bonds. The molecular formula is C42H57N7O2. The van der Waals surface area contributed by atoms with E-state index in [0.717, 1.165) is 91.9 Å². The smallest absolute Gasteiger partial charge is 0.228 e. The maximum atomic E-state index is 12.8. The van der Waals surface area contributed by atoms with Crippen molar-refractivity contribution < 1.29 is 9.53 Å². The van der Waals surface area contributed by atoms with Crippen LogP contribution in [0.4, 0.5) is 17.1 Å². The lowest BCUT2D eigenvalue weighted by Gasteiger charge is -2.39. The first-order chi connectivity index (χ1) is 24.7. The molecule has 1 saturated heterocycles. The Balaban J connectivity index is 1.07. The summed E-state index contributed by atoms with van der Waals surface area (Å²) < 4.78 is 5.77. The minimum absolute atomic E-state index is 0.0383. The third-order valence-electron chi connectivity index (χ3n) is 10.3. The minimum Gasteiger partial charge on any atom is -0.494 e. The van der Waals surface area contributed by atoms with Crippen molar-refractivity contribution >= 4 is 29.2 Å². The Kier molecular flexibility index (Phi) is 13.2. The molecule has 3 heterocycles. The zero-order chi connectivity index (χ0) is 36.3. The average Bonchev–Trinajstić information content (AvgIpc) is 3.13. The van der Waals surface area contributed by atoms with Gasteiger partial charge in [0.1, 0.15) is 18.2 Å². The zero-order valence-electron chi connectivity index (χ0n) is 31.4. The molecule has 3 aliphatic heterocycles. The third-order valence-corrected chi connectivity index (χ3v) is 10.3. The summed E-state index contributed by atoms with van der Waals surface area (Å²) >= 11 is 0. The number of carbonyl (C=O) groups is 1. The summed E-state index contributed by atoms with van der Waals surface area (Å²) in [4.78, 5) is 24.9. The first-order valence-corrected chi connectivity index (χ1v) is 18.5. The molecule has 5 rings (SSSR count). The van der Waals surface area contributed by atoms with Gasteiger partial charge in [-0.05, 0) is 105 Å². The van der Waals surface area contributed by atoms with Gasteiger partial charge < -0.3 is 30.5 Å². The monoisotopic (exact) mass is 691 g/mol. The number of ether oxygens (including phenoxy) is 1. The van der Waals surface area contributed by atoms with Gasteiger partial charge in [-0.3, -0.25) is 9.69 Å². The summed E-state index contributed by atoms with van der Waals surface area (Å²) in [6.07, 6.45) is 7.47. The van der Waals surface area contributed by atoms with Gasteiger partial charge in [0, 0.05) is 80.8 Å². The normalized spacial score (nSPS) is 17.7. The van der Waals surface area contributed by atoms with E-state index in [-0.39, 0.29) is 5.91 Å². The van der Waals surface area contributed by atoms with Gasteiger partial charge in [-0.25, -0.2) is 4.99 Å². The number of rotatable bonds is 14. The Morgan fingerprint density at radius 3 is 2.27 bits per heavy atom. The molecule has 0 unspecified atom stereocenters. The molecular weight excluding hydrogens is 635 g/mol. The number of nitrogens with one attached hydrogen (secondary N) is 3. The van der Waals surface area contributed by atoms with Gasteiger partial charge in [0.25, 0.3) is 0 Å². The molecule has 272 valence electrons. The Morgan fingerprint density at radius 1 is 0.980 bits per heavy atom. The highest BCUT2D eigenvalue weighted by Gasteiger charge is 2.23. The average molecular weight is 692 g/mol. The van der Waals surface area contributed by atoms with E-state index in [0.29, 0.717) is 24.9 Å². The second-order valence-corrected chi connectivity index (χ2v) is 13.7. The molecule has 0 atom stereocenters. The van der Waals surface area contributed by atoms with Crippen molar-refractivity contribution in [1.29, 1.82) is 0 Å². The number of allylic oxidation sites excluding steroid dienone is 3. The molecule has 2 aromatic carbocycles. The van der Waals surface area contributed by atoms with E-state index >= 15 is 0 Å². The van der Waals surface area contributed by atoms with Crippen LogP contribution in [0, 0.1) is 0 Å². The van der Waals surface area contributed by atoms with Crippen molar-refractivity contribution in [1.82, 2.24) is 15.1 Å². The third kappa shape index (κ3) is 9.94. The molecule has 0 radical (unpaired) electrons. The van der Waals surface area contributed by atoms with Gasteiger partial charge in [0.05, 0.1) is 12.1 Å². The van der Waals surface area contributed by atoms with Crippen LogP contribution in [0.5, 0.6) is 0 Å². The number of nitrogens with zero attached hydrogens (tertiary/aromatic N) is 4. The molecule has 0 spiro atoms. The number of piperazine rings is 1. The lowest BCUT2D eigenvalue weighted by Crippen LogP contribution is -2.50. The fraction of sp³-hybridized carbons (Fsp3) is 0.429. The summed E-state index contributed by atoms with van der Waals surface area (Å²) in [7, 11) is 0. The molecule has 2 aromatic rings. The Labute approximate surface area is 305 Å². The van der Waals surface area contributed by atoms with Crippen molar-refractivity contribution in [2.75, 3.05) is 68.0 Å². The molecule has 9 heteroatoms. The predicted molar refractivity (Wildman–Crippen MR) is 213 cm³/mol. The summed E-state index contributed by atoms with van der Waals surface area (Å²) in [5.41, 5.74) is 9.66. The van der Waals surface area contributed by atoms with Gasteiger partial charge in [0.15, 0.2) is 0 Å². The van der Waals surface area contributed by atoms with E-state index in [1.165, 1.54) is 29.7 Å². The molecule has 1 fully saturated rings. The van der Waals surface area contributed by atoms with E-state index in [1.54, 1.807) is 0 Å². The summed E-state index contributed by atoms with van der Waals surface area (Å²) in [6.45, 7) is 26.5. The van der Waals surface area contributed by atoms with Gasteiger partial charge in [-0.2, -0.15) is 0 Å². The maximum absolute atomic E-state index is 12.8. The second kappa shape index (κ2) is 17.9. The summed E-state index contributed by atoms with van der Waals surface area (Å²) in [5.74, 6) is 1.45. The lowest BCUT2D eigenvalue weighted by molar-refractivity contribution is -0.115. The van der Waals surface area contributed by atoms with Gasteiger partial charge >= 0.3 is 0 Å². The molecule has 9 nitrogen and oxygen atoms in total. The van der Waals surface area contributed by atoms with Crippen molar-refractivity contribution in [2.24, 2.45) is 4.99 Å². The topological polar surface area (TPSA) is 84.5 Å². The number of benzene rings is 2. The van der Waals surface area contributed by atoms with Gasteiger partial charge in [-0.15, -0.1) is 0 Å². The van der Waals surface area contributed by atoms with E-state index < -0.39 is 0 Å². The molecule has 0 aromatic heterocycles. The number of carbonyl (C=O) groups excluding carboxylic acids is 1. The standard InChI is InChI=1S/C42H57N7O2/c1-8-38(9-2)47-22-24-48(25-23-47)39-17-15-37(16-18-39)46-41(50)27-34-11-13-36(14-12-34)45-33(7)44-28-35-19-21-49(29-30(35)4)40(10-3)31(5)42-32(6)51-26-20-43-42/h10-18,28,38,43,45H,3,7-9,19-27,29H2,1-2,4-6H3,(H,46,50)/b40-31+,44-28-. The number of hydrogen-bond donors (Lipinski definition) is 3. The summed E-state index contributed by atoms with van der Waals surface area (Å²) in [6, 6.07) is 16.8. The fourth-order valence-electron chi connectivity index (χ4n) is 7.29. The van der Waals surface area contributed by atoms with Crippen LogP contribution < -0.4 is 20.9 Å². The molecule has 0 bridgehead atoms. The van der Waals surface area contributed by atoms with Crippen LogP contribution >= 0.6 is 0 Å². The van der Waals surface area contributed by atoms with E-state index in [4.69, 9.17) is 4.74 Å². The maximum Gasteiger partial charge on any atom is 0.228 e. The fourth-order valence-corrected chi connectivity index (χ4v) is 7.29. The first-order valence-electron chi connectivity index (χ1n) is 18.5. The molecule has 51 heavy (non-hydrogen) atoms. The van der Waals surface area contributed by atoms with Crippen molar-refractivity contribution in [3.05, 3.63) is 113 Å². The highest BCUT2D eigenvalue weighted by Crippen LogP contribution is 2.27. The van der Waals surface area contributed by atoms with E-state index in [9.17, 15) is 4.79 Å². The highest BCUT2D eigenvalue weighted by atomic mass is 16.5. The zero-order valence-corrected chi connectivity index (χ0v) is 31.4. The van der Waals surface area contributed by atoms with Crippen molar-refractivity contribution in [3.8, 4) is 0 Å². The number of aliphatic imine (C=N–C) groups is 1. The van der Waals surface area contributed by atoms with E-state index in [2.05, 4.69) is 88.6 Å². The van der Waals surface area contributed by atoms with Crippen LogP contribution in [-0.2, 0) is 16.0 Å². The number of hydrogen-bond acceptors (Lipinski definition) is 8. The first kappa shape index (κ1) is 37.5. The molecule has 0 saturated carbocycles. The SMILES string of the molecule is C=C/C(=C(/C)C1=C(C)OCCN1)N1CCC(/C=N\C(=C)Nc2ccc(CC(=O)Nc3ccc(N4CCN(C(CC)CC)CC4)cc3)cc2)=C(C)C1. The number of anilines is 3. The molecule has 3 aliphatic rings. The Bertz CT molecular complexity index is 1660. The van der Waals surface area contributed by atoms with Crippen LogP contribution in [0.25, 0.3) is 0 Å². The second-order valence-electron chi connectivity index (χ2n) is 13.7. The summed E-state index contributed by atoms with van der Waals surface area (Å²) in [5, 5.41) is 9.81. The van der Waals surface area contributed by atoms with Gasteiger partial charge in [0.2, 0.25) is 5.91 Å². The number of amides is 1. The van der Waals surface area contributed by atoms with Crippen molar-refractivity contribution in [3.63, 3.8) is 0 Å². The van der Waals surface area contributed by atoms with Gasteiger partial charge in [-0.1, -0.05) is 39.1 Å². The van der Waals surface area contributed by atoms with E-state index in [1.807, 2.05) is 55.6 Å². The Morgan fingerprint density at radius 2 is 1.65 bits per heavy atom. The predicted octanol–water partition coefficient (Wildman–Crippen LogP) is 7.47. The molecule has 0 aliphatic carbocycles.